The molecule has 1 aromatic heterocycles. The molecule has 332 valence electrons. The predicted molar refractivity (Wildman–Crippen MR) is 290 cm³/mol. The Hall–Kier alpha value is -7.94. The van der Waals surface area contributed by atoms with E-state index in [2.05, 4.69) is 212 Å². The average Bonchev–Trinajstić information content (AvgIpc) is 3.71. The molecule has 0 saturated heterocycles. The lowest BCUT2D eigenvalue weighted by Gasteiger charge is -2.61. The molecule has 16 rings (SSSR count). The van der Waals surface area contributed by atoms with Crippen LogP contribution < -0.4 is 0 Å². The first-order valence-electron chi connectivity index (χ1n) is 25.5. The second-order valence-corrected chi connectivity index (χ2v) is 20.8. The molecule has 2 heteroatoms. The lowest BCUT2D eigenvalue weighted by atomic mass is 9.43. The van der Waals surface area contributed by atoms with Gasteiger partial charge in [-0.1, -0.05) is 194 Å². The fourth-order valence-corrected chi connectivity index (χ4v) is 14.6. The molecule has 11 aromatic rings. The maximum Gasteiger partial charge on any atom is 0.160 e. The molecule has 0 amide bonds. The van der Waals surface area contributed by atoms with E-state index in [9.17, 15) is 0 Å². The summed E-state index contributed by atoms with van der Waals surface area (Å²) < 4.78 is 0. The van der Waals surface area contributed by atoms with Crippen LogP contribution in [0.2, 0.25) is 0 Å². The van der Waals surface area contributed by atoms with Crippen LogP contribution >= 0.6 is 0 Å². The van der Waals surface area contributed by atoms with E-state index in [4.69, 9.17) is 9.97 Å². The van der Waals surface area contributed by atoms with Crippen LogP contribution in [0.1, 0.15) is 43.2 Å². The Morgan fingerprint density at radius 3 is 1.47 bits per heavy atom. The molecule has 0 atom stereocenters. The molecule has 0 aliphatic heterocycles. The van der Waals surface area contributed by atoms with E-state index in [1.165, 1.54) is 109 Å². The van der Waals surface area contributed by atoms with Gasteiger partial charge in [-0.3, -0.25) is 0 Å². The van der Waals surface area contributed by atoms with E-state index < -0.39 is 0 Å². The van der Waals surface area contributed by atoms with Crippen molar-refractivity contribution in [1.29, 1.82) is 0 Å². The highest BCUT2D eigenvalue weighted by Gasteiger charge is 2.62. The number of benzene rings is 10. The zero-order chi connectivity index (χ0) is 45.9. The number of hydrogen-bond acceptors (Lipinski definition) is 2. The van der Waals surface area contributed by atoms with E-state index in [0.29, 0.717) is 17.7 Å². The van der Waals surface area contributed by atoms with E-state index in [-0.39, 0.29) is 5.41 Å². The molecule has 4 fully saturated rings. The van der Waals surface area contributed by atoms with Gasteiger partial charge in [-0.15, -0.1) is 0 Å². The van der Waals surface area contributed by atoms with Crippen molar-refractivity contribution in [3.63, 3.8) is 0 Å². The lowest BCUT2D eigenvalue weighted by molar-refractivity contribution is -0.0398. The van der Waals surface area contributed by atoms with E-state index in [1.807, 2.05) is 6.07 Å². The van der Waals surface area contributed by atoms with Crippen molar-refractivity contribution < 1.29 is 0 Å². The normalized spacial score (nSPS) is 20.6. The standard InChI is InChI=1S/C68H50N2/c1-3-15-44(16-4-1)45-29-31-46(32-30-45)62-41-63(70-67(69-62)47-17-5-2-6-18-47)50-21-13-22-51(38-50)64-54-23-9-11-25-56(54)65(57-26-12-10-24-55(57)64)58-27-14-28-60-66(58)59-39-48-19-7-8-20-49(48)40-61(59)68(60)52-34-42-33-43(36-52)37-53(68)35-42/h1-32,38-43,52-53H,33-37H2. The molecule has 70 heavy (non-hydrogen) atoms. The van der Waals surface area contributed by atoms with Gasteiger partial charge in [0.15, 0.2) is 5.82 Å². The zero-order valence-corrected chi connectivity index (χ0v) is 39.0. The summed E-state index contributed by atoms with van der Waals surface area (Å²) in [6.45, 7) is 0. The van der Waals surface area contributed by atoms with Crippen LogP contribution in [0.3, 0.4) is 0 Å². The Labute approximate surface area is 409 Å². The lowest BCUT2D eigenvalue weighted by Crippen LogP contribution is -2.55. The summed E-state index contributed by atoms with van der Waals surface area (Å²) in [5.41, 5.74) is 18.6. The van der Waals surface area contributed by atoms with Crippen molar-refractivity contribution in [3.05, 3.63) is 230 Å². The van der Waals surface area contributed by atoms with Crippen molar-refractivity contribution in [3.8, 4) is 78.4 Å². The van der Waals surface area contributed by atoms with Crippen LogP contribution in [-0.4, -0.2) is 9.97 Å². The first-order chi connectivity index (χ1) is 34.7. The van der Waals surface area contributed by atoms with Crippen LogP contribution in [0.15, 0.2) is 218 Å². The molecule has 2 nitrogen and oxygen atoms in total. The third kappa shape index (κ3) is 5.99. The number of rotatable bonds is 6. The number of aromatic nitrogens is 2. The van der Waals surface area contributed by atoms with Crippen molar-refractivity contribution in [2.75, 3.05) is 0 Å². The van der Waals surface area contributed by atoms with Gasteiger partial charge in [0, 0.05) is 22.1 Å². The van der Waals surface area contributed by atoms with Crippen LogP contribution in [0.25, 0.3) is 111 Å². The summed E-state index contributed by atoms with van der Waals surface area (Å²) in [4.78, 5) is 10.5. The van der Waals surface area contributed by atoms with Gasteiger partial charge in [0.25, 0.3) is 0 Å². The van der Waals surface area contributed by atoms with Gasteiger partial charge in [-0.2, -0.15) is 0 Å². The van der Waals surface area contributed by atoms with Gasteiger partial charge in [0.05, 0.1) is 11.4 Å². The summed E-state index contributed by atoms with van der Waals surface area (Å²) in [6, 6.07) is 81.0. The van der Waals surface area contributed by atoms with Gasteiger partial charge >= 0.3 is 0 Å². The third-order valence-electron chi connectivity index (χ3n) is 17.2. The molecule has 0 N–H and O–H groups in total. The fraction of sp³-hybridized carbons (Fsp3) is 0.147. The SMILES string of the molecule is c1ccc(-c2ccc(-c3cc(-c4cccc(-c5c6ccccc6c(-c6cccc7c6-c6cc8ccccc8cc6C76C7CC8CC(C7)CC6C8)c6ccccc56)c4)nc(-c4ccccc4)n3)cc2)cc1. The molecule has 10 aromatic carbocycles. The van der Waals surface area contributed by atoms with Crippen molar-refractivity contribution in [1.82, 2.24) is 9.97 Å². The largest absolute Gasteiger partial charge is 0.228 e. The Morgan fingerprint density at radius 2 is 0.814 bits per heavy atom. The van der Waals surface area contributed by atoms with Crippen molar-refractivity contribution in [2.45, 2.75) is 37.5 Å². The van der Waals surface area contributed by atoms with Crippen molar-refractivity contribution in [2.24, 2.45) is 23.7 Å². The first kappa shape index (κ1) is 40.0. The summed E-state index contributed by atoms with van der Waals surface area (Å²) in [5, 5.41) is 7.81. The van der Waals surface area contributed by atoms with Crippen molar-refractivity contribution >= 4 is 32.3 Å². The summed E-state index contributed by atoms with van der Waals surface area (Å²) in [5.74, 6) is 3.88. The summed E-state index contributed by atoms with van der Waals surface area (Å²) >= 11 is 0. The maximum atomic E-state index is 5.30. The van der Waals surface area contributed by atoms with Crippen LogP contribution in [0, 0.1) is 23.7 Å². The predicted octanol–water partition coefficient (Wildman–Crippen LogP) is 17.7. The quantitative estimate of drug-likeness (QED) is 0.155. The minimum absolute atomic E-state index is 0.0664. The van der Waals surface area contributed by atoms with E-state index in [0.717, 1.165) is 39.9 Å². The second-order valence-electron chi connectivity index (χ2n) is 20.8. The van der Waals surface area contributed by atoms with E-state index in [1.54, 1.807) is 11.1 Å². The number of nitrogens with zero attached hydrogens (tertiary/aromatic N) is 2. The van der Waals surface area contributed by atoms with Crippen LogP contribution in [0.4, 0.5) is 0 Å². The zero-order valence-electron chi connectivity index (χ0n) is 39.0. The van der Waals surface area contributed by atoms with E-state index >= 15 is 0 Å². The highest BCUT2D eigenvalue weighted by atomic mass is 14.9. The van der Waals surface area contributed by atoms with Gasteiger partial charge in [0.1, 0.15) is 0 Å². The molecular formula is C68H50N2. The molecule has 4 bridgehead atoms. The Bertz CT molecular complexity index is 3800. The molecule has 0 radical (unpaired) electrons. The topological polar surface area (TPSA) is 25.8 Å². The van der Waals surface area contributed by atoms with Gasteiger partial charge in [0.2, 0.25) is 0 Å². The summed E-state index contributed by atoms with van der Waals surface area (Å²) in [7, 11) is 0. The van der Waals surface area contributed by atoms with Crippen LogP contribution in [0.5, 0.6) is 0 Å². The number of fused-ring (bicyclic) bond motifs is 6. The monoisotopic (exact) mass is 894 g/mol. The average molecular weight is 895 g/mol. The van der Waals surface area contributed by atoms with Gasteiger partial charge in [-0.25, -0.2) is 9.97 Å². The maximum absolute atomic E-state index is 5.30. The highest BCUT2D eigenvalue weighted by molar-refractivity contribution is 6.23. The first-order valence-corrected chi connectivity index (χ1v) is 25.5. The second kappa shape index (κ2) is 15.5. The smallest absolute Gasteiger partial charge is 0.160 e. The molecule has 0 unspecified atom stereocenters. The Balaban J connectivity index is 0.917. The van der Waals surface area contributed by atoms with Gasteiger partial charge in [-0.05, 0) is 168 Å². The molecule has 1 spiro atoms. The fourth-order valence-electron chi connectivity index (χ4n) is 14.6. The van der Waals surface area contributed by atoms with Gasteiger partial charge < -0.3 is 0 Å². The molecule has 4 saturated carbocycles. The molecule has 1 heterocycles. The molecular weight excluding hydrogens is 845 g/mol. The highest BCUT2D eigenvalue weighted by Crippen LogP contribution is 2.70. The number of hydrogen-bond donors (Lipinski definition) is 0. The molecule has 5 aliphatic rings. The Morgan fingerprint density at radius 1 is 0.314 bits per heavy atom. The molecule has 5 aliphatic carbocycles. The summed E-state index contributed by atoms with van der Waals surface area (Å²) in [6.07, 6.45) is 6.93. The minimum atomic E-state index is 0.0664. The Kier molecular flexibility index (Phi) is 8.88. The minimum Gasteiger partial charge on any atom is -0.228 e. The third-order valence-corrected chi connectivity index (χ3v) is 17.2. The van der Waals surface area contributed by atoms with Crippen LogP contribution in [-0.2, 0) is 5.41 Å².